The highest BCUT2D eigenvalue weighted by atomic mass is 16.4. The Morgan fingerprint density at radius 2 is 2.35 bits per heavy atom. The Morgan fingerprint density at radius 3 is 3.00 bits per heavy atom. The highest BCUT2D eigenvalue weighted by Crippen LogP contribution is 2.03. The quantitative estimate of drug-likeness (QED) is 0.247. The highest BCUT2D eigenvalue weighted by Gasteiger charge is 2.00. The number of amidine groups is 1. The molecule has 0 saturated heterocycles. The predicted molar refractivity (Wildman–Crippen MR) is 67.8 cm³/mol. The average Bonchev–Trinajstić information content (AvgIpc) is 2.35. The van der Waals surface area contributed by atoms with Gasteiger partial charge >= 0.3 is 0 Å². The van der Waals surface area contributed by atoms with Crippen LogP contribution in [0.4, 0.5) is 0 Å². The second-order valence-electron chi connectivity index (χ2n) is 4.15. The molecule has 17 heavy (non-hydrogen) atoms. The lowest BCUT2D eigenvalue weighted by Gasteiger charge is -2.16. The van der Waals surface area contributed by atoms with Crippen molar-refractivity contribution in [1.29, 1.82) is 0 Å². The molecule has 0 aliphatic rings. The van der Waals surface area contributed by atoms with Crippen LogP contribution < -0.4 is 5.73 Å². The van der Waals surface area contributed by atoms with E-state index in [1.807, 2.05) is 12.3 Å². The van der Waals surface area contributed by atoms with E-state index < -0.39 is 0 Å². The Labute approximate surface area is 102 Å². The summed E-state index contributed by atoms with van der Waals surface area (Å²) in [6, 6.07) is 4.02. The van der Waals surface area contributed by atoms with Gasteiger partial charge in [0.05, 0.1) is 0 Å². The number of unbranched alkanes of at least 4 members (excludes halogenated alkanes) is 1. The molecule has 5 nitrogen and oxygen atoms in total. The molecule has 0 unspecified atom stereocenters. The predicted octanol–water partition coefficient (Wildman–Crippen LogP) is 1.43. The molecule has 1 aromatic heterocycles. The Morgan fingerprint density at radius 1 is 1.53 bits per heavy atom. The number of pyridine rings is 1. The van der Waals surface area contributed by atoms with Crippen LogP contribution in [0.1, 0.15) is 24.8 Å². The summed E-state index contributed by atoms with van der Waals surface area (Å²) in [5.74, 6) is 0.305. The molecule has 1 aromatic rings. The molecule has 0 atom stereocenters. The van der Waals surface area contributed by atoms with E-state index in [4.69, 9.17) is 10.9 Å². The second kappa shape index (κ2) is 7.62. The molecule has 0 aliphatic heterocycles. The van der Waals surface area contributed by atoms with Crippen molar-refractivity contribution >= 4 is 5.84 Å². The summed E-state index contributed by atoms with van der Waals surface area (Å²) in [6.45, 7) is 1.89. The number of hydrogen-bond acceptors (Lipinski definition) is 4. The molecule has 0 bridgehead atoms. The summed E-state index contributed by atoms with van der Waals surface area (Å²) < 4.78 is 0. The SMILES string of the molecule is CN(CCCCC(N)=NO)Cc1cccnc1. The monoisotopic (exact) mass is 236 g/mol. The van der Waals surface area contributed by atoms with Crippen LogP contribution in [-0.2, 0) is 6.54 Å². The molecule has 0 radical (unpaired) electrons. The minimum absolute atomic E-state index is 0.305. The lowest BCUT2D eigenvalue weighted by atomic mass is 10.2. The topological polar surface area (TPSA) is 74.7 Å². The third-order valence-corrected chi connectivity index (χ3v) is 2.53. The third-order valence-electron chi connectivity index (χ3n) is 2.53. The number of hydrogen-bond donors (Lipinski definition) is 2. The van der Waals surface area contributed by atoms with Gasteiger partial charge in [-0.25, -0.2) is 0 Å². The standard InChI is InChI=1S/C12H20N4O/c1-16(8-3-2-6-12(13)15-17)10-11-5-4-7-14-9-11/h4-5,7,9,17H,2-3,6,8,10H2,1H3,(H2,13,15). The van der Waals surface area contributed by atoms with E-state index in [0.717, 1.165) is 25.9 Å². The van der Waals surface area contributed by atoms with Crippen molar-refractivity contribution in [2.75, 3.05) is 13.6 Å². The Balaban J connectivity index is 2.16. The molecule has 0 spiro atoms. The van der Waals surface area contributed by atoms with Gasteiger partial charge in [-0.05, 0) is 38.1 Å². The molecule has 0 amide bonds. The van der Waals surface area contributed by atoms with Gasteiger partial charge in [0.2, 0.25) is 0 Å². The maximum Gasteiger partial charge on any atom is 0.139 e. The van der Waals surface area contributed by atoms with Gasteiger partial charge < -0.3 is 15.8 Å². The van der Waals surface area contributed by atoms with Gasteiger partial charge in [-0.1, -0.05) is 11.2 Å². The van der Waals surface area contributed by atoms with Gasteiger partial charge in [0.1, 0.15) is 5.84 Å². The number of aromatic nitrogens is 1. The maximum atomic E-state index is 8.38. The first-order chi connectivity index (χ1) is 8.22. The zero-order valence-electron chi connectivity index (χ0n) is 10.2. The van der Waals surface area contributed by atoms with E-state index in [9.17, 15) is 0 Å². The van der Waals surface area contributed by atoms with Crippen molar-refractivity contribution in [3.63, 3.8) is 0 Å². The van der Waals surface area contributed by atoms with E-state index in [0.29, 0.717) is 12.3 Å². The molecule has 0 aliphatic carbocycles. The van der Waals surface area contributed by atoms with E-state index in [-0.39, 0.29) is 0 Å². The Hall–Kier alpha value is -1.62. The summed E-state index contributed by atoms with van der Waals surface area (Å²) in [5, 5.41) is 11.3. The lowest BCUT2D eigenvalue weighted by molar-refractivity contribution is 0.312. The van der Waals surface area contributed by atoms with E-state index in [1.165, 1.54) is 5.56 Å². The van der Waals surface area contributed by atoms with Crippen LogP contribution in [0.5, 0.6) is 0 Å². The largest absolute Gasteiger partial charge is 0.409 e. The molecular weight excluding hydrogens is 216 g/mol. The Kier molecular flexibility index (Phi) is 6.03. The van der Waals surface area contributed by atoms with Crippen molar-refractivity contribution in [2.45, 2.75) is 25.8 Å². The molecule has 94 valence electrons. The maximum absolute atomic E-state index is 8.38. The molecule has 3 N–H and O–H groups in total. The zero-order chi connectivity index (χ0) is 12.5. The van der Waals surface area contributed by atoms with Gasteiger partial charge in [0.15, 0.2) is 0 Å². The molecular formula is C12H20N4O. The Bertz CT molecular complexity index is 340. The summed E-state index contributed by atoms with van der Waals surface area (Å²) in [4.78, 5) is 6.32. The van der Waals surface area contributed by atoms with Gasteiger partial charge in [0.25, 0.3) is 0 Å². The van der Waals surface area contributed by atoms with Gasteiger partial charge in [0, 0.05) is 25.4 Å². The smallest absolute Gasteiger partial charge is 0.139 e. The fraction of sp³-hybridized carbons (Fsp3) is 0.500. The van der Waals surface area contributed by atoms with Crippen molar-refractivity contribution in [3.05, 3.63) is 30.1 Å². The van der Waals surface area contributed by atoms with E-state index >= 15 is 0 Å². The van der Waals surface area contributed by atoms with Crippen molar-refractivity contribution in [3.8, 4) is 0 Å². The van der Waals surface area contributed by atoms with Gasteiger partial charge in [-0.3, -0.25) is 4.98 Å². The third kappa shape index (κ3) is 5.87. The molecule has 1 rings (SSSR count). The number of rotatable bonds is 7. The molecule has 5 heteroatoms. The van der Waals surface area contributed by atoms with Crippen molar-refractivity contribution in [2.24, 2.45) is 10.9 Å². The minimum Gasteiger partial charge on any atom is -0.409 e. The first kappa shape index (κ1) is 13.4. The fourth-order valence-electron chi connectivity index (χ4n) is 1.62. The minimum atomic E-state index is 0.305. The summed E-state index contributed by atoms with van der Waals surface area (Å²) in [5.41, 5.74) is 6.61. The summed E-state index contributed by atoms with van der Waals surface area (Å²) >= 11 is 0. The van der Waals surface area contributed by atoms with Gasteiger partial charge in [-0.15, -0.1) is 0 Å². The summed E-state index contributed by atoms with van der Waals surface area (Å²) in [7, 11) is 2.08. The molecule has 0 saturated carbocycles. The lowest BCUT2D eigenvalue weighted by Crippen LogP contribution is -2.20. The fourth-order valence-corrected chi connectivity index (χ4v) is 1.62. The van der Waals surface area contributed by atoms with E-state index in [1.54, 1.807) is 6.20 Å². The molecule has 1 heterocycles. The second-order valence-corrected chi connectivity index (χ2v) is 4.15. The number of oxime groups is 1. The summed E-state index contributed by atoms with van der Waals surface area (Å²) in [6.07, 6.45) is 6.28. The average molecular weight is 236 g/mol. The number of nitrogens with two attached hydrogens (primary N) is 1. The molecule has 0 aromatic carbocycles. The van der Waals surface area contributed by atoms with Crippen LogP contribution in [-0.4, -0.2) is 34.5 Å². The first-order valence-electron chi connectivity index (χ1n) is 5.76. The van der Waals surface area contributed by atoms with Crippen LogP contribution in [0.3, 0.4) is 0 Å². The van der Waals surface area contributed by atoms with Crippen LogP contribution >= 0.6 is 0 Å². The zero-order valence-corrected chi connectivity index (χ0v) is 10.2. The normalized spacial score (nSPS) is 12.0. The van der Waals surface area contributed by atoms with Crippen LogP contribution in [0, 0.1) is 0 Å². The first-order valence-corrected chi connectivity index (χ1v) is 5.76. The molecule has 0 fully saturated rings. The van der Waals surface area contributed by atoms with E-state index in [2.05, 4.69) is 28.2 Å². The highest BCUT2D eigenvalue weighted by molar-refractivity contribution is 5.79. The van der Waals surface area contributed by atoms with Crippen LogP contribution in [0.2, 0.25) is 0 Å². The number of nitrogens with zero attached hydrogens (tertiary/aromatic N) is 3. The van der Waals surface area contributed by atoms with Crippen molar-refractivity contribution < 1.29 is 5.21 Å². The van der Waals surface area contributed by atoms with Gasteiger partial charge in [-0.2, -0.15) is 0 Å². The van der Waals surface area contributed by atoms with Crippen molar-refractivity contribution in [1.82, 2.24) is 9.88 Å². The van der Waals surface area contributed by atoms with Crippen LogP contribution in [0.15, 0.2) is 29.7 Å². The van der Waals surface area contributed by atoms with Crippen LogP contribution in [0.25, 0.3) is 0 Å².